The van der Waals surface area contributed by atoms with E-state index in [0.717, 1.165) is 29.4 Å². The van der Waals surface area contributed by atoms with E-state index in [-0.39, 0.29) is 11.6 Å². The lowest BCUT2D eigenvalue weighted by atomic mass is 10.1. The monoisotopic (exact) mass is 601 g/mol. The Balaban J connectivity index is 0.000000289. The fourth-order valence-electron chi connectivity index (χ4n) is 3.81. The second-order valence-electron chi connectivity index (χ2n) is 8.81. The smallest absolute Gasteiger partial charge is 0.475 e. The molecule has 0 fully saturated rings. The van der Waals surface area contributed by atoms with Crippen LogP contribution in [0.5, 0.6) is 11.5 Å². The van der Waals surface area contributed by atoms with Crippen LogP contribution in [-0.2, 0) is 29.0 Å². The fourth-order valence-corrected chi connectivity index (χ4v) is 3.81. The highest BCUT2D eigenvalue weighted by atomic mass is 19.4. The Hall–Kier alpha value is -4.66. The van der Waals surface area contributed by atoms with Crippen LogP contribution >= 0.6 is 0 Å². The van der Waals surface area contributed by atoms with E-state index >= 15 is 0 Å². The number of alkyl halides is 6. The summed E-state index contributed by atoms with van der Waals surface area (Å²) >= 11 is 0. The maximum atomic E-state index is 14.5. The van der Waals surface area contributed by atoms with E-state index in [2.05, 4.69) is 39.6 Å². The number of aliphatic carboxylic acids is 2. The van der Waals surface area contributed by atoms with Gasteiger partial charge in [0.25, 0.3) is 0 Å². The van der Waals surface area contributed by atoms with Crippen molar-refractivity contribution < 1.29 is 55.3 Å². The van der Waals surface area contributed by atoms with E-state index in [1.54, 1.807) is 24.5 Å². The summed E-state index contributed by atoms with van der Waals surface area (Å²) in [4.78, 5) is 25.0. The molecule has 1 aliphatic carbocycles. The summed E-state index contributed by atoms with van der Waals surface area (Å²) in [6.07, 6.45) is -6.49. The van der Waals surface area contributed by atoms with Crippen molar-refractivity contribution in [2.24, 2.45) is 0 Å². The Morgan fingerprint density at radius 1 is 0.905 bits per heavy atom. The number of hydrogen-bond donors (Lipinski definition) is 4. The van der Waals surface area contributed by atoms with E-state index < -0.39 is 24.3 Å². The molecule has 5 rings (SSSR count). The zero-order chi connectivity index (χ0) is 31.1. The van der Waals surface area contributed by atoms with Gasteiger partial charge in [-0.15, -0.1) is 0 Å². The zero-order valence-corrected chi connectivity index (χ0v) is 21.3. The van der Waals surface area contributed by atoms with Crippen molar-refractivity contribution in [1.82, 2.24) is 15.3 Å². The van der Waals surface area contributed by atoms with Crippen molar-refractivity contribution in [3.8, 4) is 11.5 Å². The molecule has 0 bridgehead atoms. The molecule has 1 aliphatic rings. The summed E-state index contributed by atoms with van der Waals surface area (Å²) < 4.78 is 83.7. The predicted octanol–water partition coefficient (Wildman–Crippen LogP) is 6.02. The Morgan fingerprint density at radius 3 is 2.00 bits per heavy atom. The average Bonchev–Trinajstić information content (AvgIpc) is 3.55. The molecule has 0 atom stereocenters. The van der Waals surface area contributed by atoms with E-state index in [9.17, 15) is 30.7 Å². The number of nitrogens with one attached hydrogen (secondary N) is 2. The van der Waals surface area contributed by atoms with Crippen LogP contribution in [0.4, 0.5) is 30.7 Å². The number of rotatable bonds is 5. The number of imidazole rings is 1. The van der Waals surface area contributed by atoms with E-state index in [1.165, 1.54) is 11.1 Å². The summed E-state index contributed by atoms with van der Waals surface area (Å²) in [5.74, 6) is -5.08. The number of carboxylic acid groups (broad SMARTS) is 2. The van der Waals surface area contributed by atoms with Gasteiger partial charge in [-0.25, -0.2) is 19.0 Å². The lowest BCUT2D eigenvalue weighted by Crippen LogP contribution is -2.28. The number of halogens is 7. The molecule has 1 heterocycles. The van der Waals surface area contributed by atoms with Crippen molar-refractivity contribution in [3.63, 3.8) is 0 Å². The number of aromatic nitrogens is 2. The third-order valence-electron chi connectivity index (χ3n) is 5.75. The Morgan fingerprint density at radius 2 is 1.48 bits per heavy atom. The molecular weight excluding hydrogens is 579 g/mol. The summed E-state index contributed by atoms with van der Waals surface area (Å²) in [6, 6.07) is 19.5. The number of carbonyl (C=O) groups is 2. The second kappa shape index (κ2) is 13.3. The molecule has 0 saturated carbocycles. The molecule has 42 heavy (non-hydrogen) atoms. The van der Waals surface area contributed by atoms with E-state index in [1.807, 2.05) is 18.2 Å². The van der Waals surface area contributed by atoms with Crippen molar-refractivity contribution in [2.45, 2.75) is 37.8 Å². The summed E-state index contributed by atoms with van der Waals surface area (Å²) in [6.45, 7) is 0.635. The molecule has 0 spiro atoms. The van der Waals surface area contributed by atoms with Gasteiger partial charge in [0.2, 0.25) is 0 Å². The highest BCUT2D eigenvalue weighted by Gasteiger charge is 2.38. The molecule has 8 nitrogen and oxygen atoms in total. The Bertz CT molecular complexity index is 1490. The molecule has 3 aromatic carbocycles. The molecule has 1 aromatic heterocycles. The first-order chi connectivity index (χ1) is 19.6. The molecule has 15 heteroatoms. The quantitative estimate of drug-likeness (QED) is 0.206. The number of hydrogen-bond acceptors (Lipinski definition) is 5. The number of nitrogens with zero attached hydrogens (tertiary/aromatic N) is 1. The molecule has 0 saturated heterocycles. The Labute approximate surface area is 232 Å². The van der Waals surface area contributed by atoms with Crippen LogP contribution < -0.4 is 10.1 Å². The van der Waals surface area contributed by atoms with Gasteiger partial charge in [0.15, 0.2) is 11.6 Å². The molecule has 0 aliphatic heterocycles. The van der Waals surface area contributed by atoms with Gasteiger partial charge in [-0.05, 0) is 53.8 Å². The maximum Gasteiger partial charge on any atom is 0.490 e. The molecule has 0 radical (unpaired) electrons. The summed E-state index contributed by atoms with van der Waals surface area (Å²) in [5.41, 5.74) is 5.43. The molecule has 4 aromatic rings. The minimum absolute atomic E-state index is 0.218. The molecular formula is C27H22F7N3O5. The number of fused-ring (bicyclic) bond motifs is 2. The normalized spacial score (nSPS) is 12.9. The maximum absolute atomic E-state index is 14.5. The van der Waals surface area contributed by atoms with Crippen LogP contribution in [0.1, 0.15) is 16.7 Å². The lowest BCUT2D eigenvalue weighted by Gasteiger charge is -2.13. The van der Waals surface area contributed by atoms with Crippen LogP contribution in [0.3, 0.4) is 0 Å². The third-order valence-corrected chi connectivity index (χ3v) is 5.75. The number of carboxylic acids is 2. The first-order valence-corrected chi connectivity index (χ1v) is 11.9. The summed E-state index contributed by atoms with van der Waals surface area (Å²) in [7, 11) is 0. The van der Waals surface area contributed by atoms with Gasteiger partial charge in [0.1, 0.15) is 5.75 Å². The van der Waals surface area contributed by atoms with Gasteiger partial charge < -0.3 is 25.3 Å². The average molecular weight is 601 g/mol. The van der Waals surface area contributed by atoms with Crippen LogP contribution in [0.25, 0.3) is 11.0 Å². The first-order valence-electron chi connectivity index (χ1n) is 11.9. The predicted molar refractivity (Wildman–Crippen MR) is 134 cm³/mol. The van der Waals surface area contributed by atoms with Crippen molar-refractivity contribution >= 4 is 23.0 Å². The second-order valence-corrected chi connectivity index (χ2v) is 8.81. The van der Waals surface area contributed by atoms with Gasteiger partial charge in [-0.2, -0.15) is 26.3 Å². The number of ether oxygens (including phenoxy) is 1. The third kappa shape index (κ3) is 9.19. The Kier molecular flexibility index (Phi) is 10.1. The minimum Gasteiger partial charge on any atom is -0.475 e. The van der Waals surface area contributed by atoms with Crippen molar-refractivity contribution in [3.05, 3.63) is 89.5 Å². The molecule has 224 valence electrons. The van der Waals surface area contributed by atoms with Crippen molar-refractivity contribution in [2.75, 3.05) is 0 Å². The van der Waals surface area contributed by atoms with Crippen LogP contribution in [0.2, 0.25) is 0 Å². The van der Waals surface area contributed by atoms with Crippen LogP contribution in [0, 0.1) is 5.82 Å². The van der Waals surface area contributed by atoms with Crippen molar-refractivity contribution in [1.29, 1.82) is 0 Å². The first kappa shape index (κ1) is 31.9. The molecule has 0 unspecified atom stereocenters. The van der Waals surface area contributed by atoms with Gasteiger partial charge in [0.05, 0.1) is 17.4 Å². The highest BCUT2D eigenvalue weighted by Crippen LogP contribution is 2.28. The van der Waals surface area contributed by atoms with Crippen LogP contribution in [0.15, 0.2) is 67.0 Å². The van der Waals surface area contributed by atoms with Gasteiger partial charge in [-0.3, -0.25) is 0 Å². The number of benzene rings is 3. The standard InChI is InChI=1S/C23H20FN3O.2C2HF3O2/c24-20-9-15(13-25-18-10-16-3-1-2-4-17(16)11-18)5-8-23(20)28-19-6-7-21-22(12-19)27-14-26-21;2*3-2(4,5)1(6)7/h1-9,12,14,18,25H,10-11,13H2,(H,26,27);2*(H,6,7). The van der Waals surface area contributed by atoms with E-state index in [0.29, 0.717) is 18.3 Å². The molecule has 0 amide bonds. The SMILES string of the molecule is Fc1cc(CNC2Cc3ccccc3C2)ccc1Oc1ccc2nc[nH]c2c1.O=C(O)C(F)(F)F.O=C(O)C(F)(F)F. The van der Waals surface area contributed by atoms with Gasteiger partial charge in [0, 0.05) is 18.7 Å². The van der Waals surface area contributed by atoms with Gasteiger partial charge in [-0.1, -0.05) is 30.3 Å². The number of H-pyrrole nitrogens is 1. The fraction of sp³-hybridized carbons (Fsp3) is 0.222. The largest absolute Gasteiger partial charge is 0.490 e. The lowest BCUT2D eigenvalue weighted by molar-refractivity contribution is -0.193. The topological polar surface area (TPSA) is 125 Å². The molecule has 4 N–H and O–H groups in total. The highest BCUT2D eigenvalue weighted by molar-refractivity contribution is 5.76. The van der Waals surface area contributed by atoms with Crippen LogP contribution in [-0.4, -0.2) is 50.5 Å². The van der Waals surface area contributed by atoms with Gasteiger partial charge >= 0.3 is 24.3 Å². The number of aromatic amines is 1. The van der Waals surface area contributed by atoms with E-state index in [4.69, 9.17) is 24.5 Å². The minimum atomic E-state index is -5.08. The summed E-state index contributed by atoms with van der Waals surface area (Å²) in [5, 5.41) is 17.8. The zero-order valence-electron chi connectivity index (χ0n) is 21.3.